The smallest absolute Gasteiger partial charge is 0.348 e. The summed E-state index contributed by atoms with van der Waals surface area (Å²) in [7, 11) is 1.31. The molecule has 4 rings (SSSR count). The van der Waals surface area contributed by atoms with Gasteiger partial charge in [-0.1, -0.05) is 0 Å². The average Bonchev–Trinajstić information content (AvgIpc) is 3.10. The van der Waals surface area contributed by atoms with Gasteiger partial charge in [-0.2, -0.15) is 0 Å². The minimum Gasteiger partial charge on any atom is -0.487 e. The summed E-state index contributed by atoms with van der Waals surface area (Å²) in [5.41, 5.74) is 0.885. The number of thiophene rings is 1. The standard InChI is InChI=1S/C24H24F2N2O4S/c1-13-19(8-21(33-13)23(29)31-3)22-20(32-12-14-4-17(25)7-18(26)5-14)6-15(11-28-22)24(2,30)16-9-27-10-16/h4-8,11,16,27,30H,9-10,12H2,1-3H3. The highest BCUT2D eigenvalue weighted by atomic mass is 32.1. The number of hydrogen-bond donors (Lipinski definition) is 2. The van der Waals surface area contributed by atoms with Crippen molar-refractivity contribution >= 4 is 17.3 Å². The molecular formula is C24H24F2N2O4S. The van der Waals surface area contributed by atoms with Crippen molar-refractivity contribution in [2.24, 2.45) is 5.92 Å². The first-order valence-electron chi connectivity index (χ1n) is 10.4. The number of aryl methyl sites for hydroxylation is 1. The first-order valence-corrected chi connectivity index (χ1v) is 11.2. The van der Waals surface area contributed by atoms with Gasteiger partial charge in [0.2, 0.25) is 0 Å². The summed E-state index contributed by atoms with van der Waals surface area (Å²) >= 11 is 1.27. The van der Waals surface area contributed by atoms with Crippen molar-refractivity contribution in [3.8, 4) is 17.0 Å². The van der Waals surface area contributed by atoms with E-state index >= 15 is 0 Å². The van der Waals surface area contributed by atoms with Crippen molar-refractivity contribution in [2.45, 2.75) is 26.1 Å². The Morgan fingerprint density at radius 2 is 1.94 bits per heavy atom. The SMILES string of the molecule is COC(=O)c1cc(-c2ncc(C(C)(O)C3CNC3)cc2OCc2cc(F)cc(F)c2)c(C)s1. The number of aromatic nitrogens is 1. The maximum absolute atomic E-state index is 13.6. The molecule has 6 nitrogen and oxygen atoms in total. The monoisotopic (exact) mass is 474 g/mol. The van der Waals surface area contributed by atoms with Gasteiger partial charge < -0.3 is 19.9 Å². The highest BCUT2D eigenvalue weighted by Crippen LogP contribution is 2.39. The maximum Gasteiger partial charge on any atom is 0.348 e. The summed E-state index contributed by atoms with van der Waals surface area (Å²) in [5, 5.41) is 14.3. The van der Waals surface area contributed by atoms with Crippen molar-refractivity contribution in [1.29, 1.82) is 0 Å². The molecule has 1 aromatic carbocycles. The van der Waals surface area contributed by atoms with Gasteiger partial charge >= 0.3 is 5.97 Å². The molecule has 33 heavy (non-hydrogen) atoms. The van der Waals surface area contributed by atoms with E-state index in [-0.39, 0.29) is 12.5 Å². The molecule has 1 unspecified atom stereocenters. The number of nitrogens with one attached hydrogen (secondary N) is 1. The third kappa shape index (κ3) is 4.75. The highest BCUT2D eigenvalue weighted by Gasteiger charge is 2.38. The van der Waals surface area contributed by atoms with E-state index in [2.05, 4.69) is 10.3 Å². The van der Waals surface area contributed by atoms with Gasteiger partial charge in [0.25, 0.3) is 0 Å². The number of halogens is 2. The van der Waals surface area contributed by atoms with Crippen LogP contribution in [0.5, 0.6) is 5.75 Å². The van der Waals surface area contributed by atoms with E-state index in [1.54, 1.807) is 25.3 Å². The van der Waals surface area contributed by atoms with Gasteiger partial charge in [0, 0.05) is 47.3 Å². The fraction of sp³-hybridized carbons (Fsp3) is 0.333. The number of pyridine rings is 1. The molecule has 0 radical (unpaired) electrons. The average molecular weight is 475 g/mol. The molecule has 9 heteroatoms. The van der Waals surface area contributed by atoms with Crippen LogP contribution in [0.1, 0.15) is 32.6 Å². The fourth-order valence-corrected chi connectivity index (χ4v) is 4.67. The molecule has 174 valence electrons. The van der Waals surface area contributed by atoms with E-state index in [4.69, 9.17) is 9.47 Å². The number of ether oxygens (including phenoxy) is 2. The summed E-state index contributed by atoms with van der Waals surface area (Å²) in [4.78, 5) is 17.8. The zero-order valence-corrected chi connectivity index (χ0v) is 19.3. The minimum atomic E-state index is -1.14. The number of hydrogen-bond acceptors (Lipinski definition) is 7. The molecule has 0 spiro atoms. The Kier molecular flexibility index (Phi) is 6.47. The Hall–Kier alpha value is -2.88. The largest absolute Gasteiger partial charge is 0.487 e. The zero-order chi connectivity index (χ0) is 23.8. The molecule has 0 amide bonds. The van der Waals surface area contributed by atoms with Crippen molar-refractivity contribution in [3.05, 3.63) is 69.0 Å². The van der Waals surface area contributed by atoms with E-state index in [0.717, 1.165) is 10.9 Å². The van der Waals surface area contributed by atoms with Gasteiger partial charge in [0.15, 0.2) is 0 Å². The van der Waals surface area contributed by atoms with Crippen molar-refractivity contribution < 1.29 is 28.2 Å². The molecule has 3 aromatic rings. The Labute approximate surface area is 194 Å². The molecule has 3 heterocycles. The number of rotatable bonds is 7. The maximum atomic E-state index is 13.6. The van der Waals surface area contributed by atoms with Crippen LogP contribution in [0.15, 0.2) is 36.5 Å². The molecule has 1 saturated heterocycles. The molecule has 0 bridgehead atoms. The molecule has 1 fully saturated rings. The molecule has 1 aliphatic heterocycles. The summed E-state index contributed by atoms with van der Waals surface area (Å²) in [6.07, 6.45) is 1.59. The molecule has 0 saturated carbocycles. The number of esters is 1. The quantitative estimate of drug-likeness (QED) is 0.500. The molecule has 1 aliphatic rings. The van der Waals surface area contributed by atoms with Crippen molar-refractivity contribution in [2.75, 3.05) is 20.2 Å². The Balaban J connectivity index is 1.74. The molecule has 1 atom stereocenters. The molecule has 2 aromatic heterocycles. The molecule has 2 N–H and O–H groups in total. The van der Waals surface area contributed by atoms with Gasteiger partial charge in [-0.15, -0.1) is 11.3 Å². The van der Waals surface area contributed by atoms with E-state index in [0.29, 0.717) is 46.1 Å². The van der Waals surface area contributed by atoms with Crippen LogP contribution in [-0.4, -0.2) is 36.3 Å². The third-order valence-electron chi connectivity index (χ3n) is 5.89. The van der Waals surface area contributed by atoms with Gasteiger partial charge in [-0.3, -0.25) is 4.98 Å². The molecule has 0 aliphatic carbocycles. The highest BCUT2D eigenvalue weighted by molar-refractivity contribution is 7.14. The lowest BCUT2D eigenvalue weighted by Gasteiger charge is -2.39. The number of benzene rings is 1. The van der Waals surface area contributed by atoms with Crippen LogP contribution in [0.3, 0.4) is 0 Å². The van der Waals surface area contributed by atoms with Crippen LogP contribution >= 0.6 is 11.3 Å². The van der Waals surface area contributed by atoms with Crippen LogP contribution < -0.4 is 10.1 Å². The van der Waals surface area contributed by atoms with Gasteiger partial charge in [-0.05, 0) is 43.7 Å². The zero-order valence-electron chi connectivity index (χ0n) is 18.4. The Bertz CT molecular complexity index is 1170. The minimum absolute atomic E-state index is 0.0177. The number of nitrogens with zero attached hydrogens (tertiary/aromatic N) is 1. The van der Waals surface area contributed by atoms with Crippen molar-refractivity contribution in [1.82, 2.24) is 10.3 Å². The second-order valence-electron chi connectivity index (χ2n) is 8.21. The number of methoxy groups -OCH3 is 1. The first kappa shape index (κ1) is 23.3. The second kappa shape index (κ2) is 9.17. The van der Waals surface area contributed by atoms with E-state index < -0.39 is 23.2 Å². The second-order valence-corrected chi connectivity index (χ2v) is 9.47. The predicted octanol–water partition coefficient (Wildman–Crippen LogP) is 4.19. The van der Waals surface area contributed by atoms with Gasteiger partial charge in [0.1, 0.15) is 34.6 Å². The first-order chi connectivity index (χ1) is 15.7. The predicted molar refractivity (Wildman–Crippen MR) is 120 cm³/mol. The normalized spacial score (nSPS) is 15.6. The molecular weight excluding hydrogens is 450 g/mol. The van der Waals surface area contributed by atoms with Crippen LogP contribution in [0.2, 0.25) is 0 Å². The third-order valence-corrected chi connectivity index (χ3v) is 6.92. The van der Waals surface area contributed by atoms with Gasteiger partial charge in [-0.25, -0.2) is 13.6 Å². The summed E-state index contributed by atoms with van der Waals surface area (Å²) in [6.45, 7) is 4.84. The lowest BCUT2D eigenvalue weighted by molar-refractivity contribution is -0.0283. The van der Waals surface area contributed by atoms with E-state index in [9.17, 15) is 18.7 Å². The Morgan fingerprint density at radius 1 is 1.24 bits per heavy atom. The lowest BCUT2D eigenvalue weighted by atomic mass is 9.80. The van der Waals surface area contributed by atoms with E-state index in [1.807, 2.05) is 6.92 Å². The number of carbonyl (C=O) groups excluding carboxylic acids is 1. The lowest BCUT2D eigenvalue weighted by Crippen LogP contribution is -2.52. The number of carbonyl (C=O) groups is 1. The van der Waals surface area contributed by atoms with Crippen molar-refractivity contribution in [3.63, 3.8) is 0 Å². The summed E-state index contributed by atoms with van der Waals surface area (Å²) in [6, 6.07) is 6.56. The van der Waals surface area contributed by atoms with Crippen LogP contribution in [-0.2, 0) is 16.9 Å². The van der Waals surface area contributed by atoms with Crippen LogP contribution in [0, 0.1) is 24.5 Å². The van der Waals surface area contributed by atoms with E-state index in [1.165, 1.54) is 30.6 Å². The van der Waals surface area contributed by atoms with Crippen LogP contribution in [0.25, 0.3) is 11.3 Å². The summed E-state index contributed by atoms with van der Waals surface area (Å²) < 4.78 is 38.0. The number of aliphatic hydroxyl groups is 1. The fourth-order valence-electron chi connectivity index (χ4n) is 3.73. The van der Waals surface area contributed by atoms with Gasteiger partial charge in [0.05, 0.1) is 12.7 Å². The Morgan fingerprint density at radius 3 is 2.55 bits per heavy atom. The summed E-state index contributed by atoms with van der Waals surface area (Å²) in [5.74, 6) is -1.50. The topological polar surface area (TPSA) is 80.7 Å². The van der Waals surface area contributed by atoms with Crippen LogP contribution in [0.4, 0.5) is 8.78 Å².